The van der Waals surface area contributed by atoms with Gasteiger partial charge < -0.3 is 10.6 Å². The molecule has 1 heterocycles. The maximum absolute atomic E-state index is 4.35. The van der Waals surface area contributed by atoms with Gasteiger partial charge in [0, 0.05) is 24.7 Å². The zero-order valence-corrected chi connectivity index (χ0v) is 16.1. The van der Waals surface area contributed by atoms with Gasteiger partial charge in [0.25, 0.3) is 0 Å². The van der Waals surface area contributed by atoms with Crippen molar-refractivity contribution in [1.29, 1.82) is 0 Å². The molecule has 4 nitrogen and oxygen atoms in total. The molecule has 5 heteroatoms. The zero-order chi connectivity index (χ0) is 17.6. The van der Waals surface area contributed by atoms with E-state index in [1.165, 1.54) is 16.0 Å². The monoisotopic (exact) mass is 344 g/mol. The van der Waals surface area contributed by atoms with E-state index < -0.39 is 0 Å². The van der Waals surface area contributed by atoms with Crippen LogP contribution in [0.1, 0.15) is 41.8 Å². The summed E-state index contributed by atoms with van der Waals surface area (Å²) in [7, 11) is 1.79. The van der Waals surface area contributed by atoms with Gasteiger partial charge in [0.1, 0.15) is 5.01 Å². The van der Waals surface area contributed by atoms with Gasteiger partial charge in [0.2, 0.25) is 0 Å². The van der Waals surface area contributed by atoms with Crippen molar-refractivity contribution in [3.8, 4) is 0 Å². The van der Waals surface area contributed by atoms with Gasteiger partial charge in [-0.2, -0.15) is 0 Å². The molecule has 1 aromatic carbocycles. The SMILES string of the molecule is CN=C(NCCc1ccc(C(C)(C)C)cc1)NCc1ncc(C)s1. The lowest BCUT2D eigenvalue weighted by Crippen LogP contribution is -2.37. The summed E-state index contributed by atoms with van der Waals surface area (Å²) in [6, 6.07) is 8.90. The van der Waals surface area contributed by atoms with Gasteiger partial charge in [0.15, 0.2) is 5.96 Å². The third-order valence-electron chi connectivity index (χ3n) is 3.83. The maximum Gasteiger partial charge on any atom is 0.191 e. The van der Waals surface area contributed by atoms with Gasteiger partial charge in [-0.25, -0.2) is 4.98 Å². The minimum atomic E-state index is 0.205. The Hall–Kier alpha value is -1.88. The number of hydrogen-bond acceptors (Lipinski definition) is 3. The molecule has 2 rings (SSSR count). The summed E-state index contributed by atoms with van der Waals surface area (Å²) in [5.41, 5.74) is 2.91. The largest absolute Gasteiger partial charge is 0.356 e. The van der Waals surface area contributed by atoms with E-state index in [9.17, 15) is 0 Å². The first-order chi connectivity index (χ1) is 11.4. The minimum Gasteiger partial charge on any atom is -0.356 e. The van der Waals surface area contributed by atoms with Crippen LogP contribution >= 0.6 is 11.3 Å². The molecule has 0 fully saturated rings. The molecular weight excluding hydrogens is 316 g/mol. The van der Waals surface area contributed by atoms with E-state index in [1.807, 2.05) is 6.20 Å². The van der Waals surface area contributed by atoms with Crippen LogP contribution in [-0.4, -0.2) is 24.5 Å². The second-order valence-corrected chi connectivity index (χ2v) is 8.23. The lowest BCUT2D eigenvalue weighted by Gasteiger charge is -2.19. The lowest BCUT2D eigenvalue weighted by atomic mass is 9.86. The molecule has 0 bridgehead atoms. The van der Waals surface area contributed by atoms with Crippen molar-refractivity contribution in [2.24, 2.45) is 4.99 Å². The van der Waals surface area contributed by atoms with Crippen molar-refractivity contribution in [3.05, 3.63) is 51.5 Å². The number of nitrogens with zero attached hydrogens (tertiary/aromatic N) is 2. The summed E-state index contributed by atoms with van der Waals surface area (Å²) < 4.78 is 0. The highest BCUT2D eigenvalue weighted by molar-refractivity contribution is 7.11. The van der Waals surface area contributed by atoms with Gasteiger partial charge >= 0.3 is 0 Å². The Balaban J connectivity index is 1.77. The second-order valence-electron chi connectivity index (χ2n) is 6.91. The maximum atomic E-state index is 4.35. The number of guanidine groups is 1. The van der Waals surface area contributed by atoms with Crippen LogP contribution in [0, 0.1) is 6.92 Å². The highest BCUT2D eigenvalue weighted by Crippen LogP contribution is 2.22. The third kappa shape index (κ3) is 5.64. The smallest absolute Gasteiger partial charge is 0.191 e. The molecule has 0 saturated carbocycles. The fourth-order valence-corrected chi connectivity index (χ4v) is 3.09. The molecule has 130 valence electrons. The standard InChI is InChI=1S/C19H28N4S/c1-14-12-22-17(24-14)13-23-18(20-5)21-11-10-15-6-8-16(9-7-15)19(2,3)4/h6-9,12H,10-11,13H2,1-5H3,(H2,20,21,23). The Morgan fingerprint density at radius 2 is 1.88 bits per heavy atom. The summed E-state index contributed by atoms with van der Waals surface area (Å²) in [6.45, 7) is 10.3. The molecule has 1 aromatic heterocycles. The van der Waals surface area contributed by atoms with Crippen LogP contribution in [0.4, 0.5) is 0 Å². The Labute approximate surface area is 149 Å². The number of nitrogens with one attached hydrogen (secondary N) is 2. The van der Waals surface area contributed by atoms with Crippen LogP contribution in [0.5, 0.6) is 0 Å². The summed E-state index contributed by atoms with van der Waals surface area (Å²) in [5.74, 6) is 0.814. The molecule has 24 heavy (non-hydrogen) atoms. The van der Waals surface area contributed by atoms with Gasteiger partial charge in [-0.15, -0.1) is 11.3 Å². The molecule has 0 radical (unpaired) electrons. The molecule has 0 amide bonds. The van der Waals surface area contributed by atoms with Gasteiger partial charge in [0.05, 0.1) is 6.54 Å². The fraction of sp³-hybridized carbons (Fsp3) is 0.474. The Kier molecular flexibility index (Phi) is 6.37. The summed E-state index contributed by atoms with van der Waals surface area (Å²) in [6.07, 6.45) is 2.88. The predicted octanol–water partition coefficient (Wildman–Crippen LogP) is 3.66. The van der Waals surface area contributed by atoms with Crippen molar-refractivity contribution in [1.82, 2.24) is 15.6 Å². The van der Waals surface area contributed by atoms with Crippen molar-refractivity contribution in [2.75, 3.05) is 13.6 Å². The molecule has 0 spiro atoms. The Morgan fingerprint density at radius 3 is 2.42 bits per heavy atom. The van der Waals surface area contributed by atoms with E-state index in [0.29, 0.717) is 6.54 Å². The molecule has 0 saturated heterocycles. The van der Waals surface area contributed by atoms with Crippen molar-refractivity contribution in [2.45, 2.75) is 46.1 Å². The predicted molar refractivity (Wildman–Crippen MR) is 104 cm³/mol. The fourth-order valence-electron chi connectivity index (χ4n) is 2.36. The minimum absolute atomic E-state index is 0.205. The van der Waals surface area contributed by atoms with E-state index in [0.717, 1.165) is 23.9 Å². The van der Waals surface area contributed by atoms with Crippen LogP contribution in [0.25, 0.3) is 0 Å². The number of aliphatic imine (C=N–C) groups is 1. The molecule has 0 aliphatic heterocycles. The van der Waals surface area contributed by atoms with Crippen molar-refractivity contribution >= 4 is 17.3 Å². The van der Waals surface area contributed by atoms with E-state index in [2.05, 4.69) is 72.6 Å². The van der Waals surface area contributed by atoms with Gasteiger partial charge in [-0.05, 0) is 29.9 Å². The molecule has 2 N–H and O–H groups in total. The summed E-state index contributed by atoms with van der Waals surface area (Å²) in [5, 5.41) is 7.73. The van der Waals surface area contributed by atoms with E-state index >= 15 is 0 Å². The first-order valence-electron chi connectivity index (χ1n) is 8.34. The first kappa shape index (κ1) is 18.5. The number of hydrogen-bond donors (Lipinski definition) is 2. The van der Waals surface area contributed by atoms with Crippen LogP contribution in [0.2, 0.25) is 0 Å². The topological polar surface area (TPSA) is 49.3 Å². The highest BCUT2D eigenvalue weighted by Gasteiger charge is 2.12. The van der Waals surface area contributed by atoms with E-state index in [4.69, 9.17) is 0 Å². The summed E-state index contributed by atoms with van der Waals surface area (Å²) >= 11 is 1.71. The average molecular weight is 345 g/mol. The van der Waals surface area contributed by atoms with Gasteiger partial charge in [-0.1, -0.05) is 45.0 Å². The molecule has 0 unspecified atom stereocenters. The van der Waals surface area contributed by atoms with E-state index in [-0.39, 0.29) is 5.41 Å². The zero-order valence-electron chi connectivity index (χ0n) is 15.3. The summed E-state index contributed by atoms with van der Waals surface area (Å²) in [4.78, 5) is 9.84. The normalized spacial score (nSPS) is 12.3. The quantitative estimate of drug-likeness (QED) is 0.643. The number of aryl methyl sites for hydroxylation is 1. The van der Waals surface area contributed by atoms with E-state index in [1.54, 1.807) is 18.4 Å². The number of benzene rings is 1. The Bertz CT molecular complexity index is 665. The highest BCUT2D eigenvalue weighted by atomic mass is 32.1. The van der Waals surface area contributed by atoms with Crippen LogP contribution in [-0.2, 0) is 18.4 Å². The number of rotatable bonds is 5. The first-order valence-corrected chi connectivity index (χ1v) is 9.15. The average Bonchev–Trinajstić information content (AvgIpc) is 2.96. The molecule has 2 aromatic rings. The van der Waals surface area contributed by atoms with Crippen LogP contribution in [0.15, 0.2) is 35.5 Å². The van der Waals surface area contributed by atoms with Crippen molar-refractivity contribution in [3.63, 3.8) is 0 Å². The van der Waals surface area contributed by atoms with Crippen LogP contribution in [0.3, 0.4) is 0 Å². The second kappa shape index (κ2) is 8.29. The number of thiazole rings is 1. The van der Waals surface area contributed by atoms with Gasteiger partial charge in [-0.3, -0.25) is 4.99 Å². The lowest BCUT2D eigenvalue weighted by molar-refractivity contribution is 0.590. The van der Waals surface area contributed by atoms with Crippen molar-refractivity contribution < 1.29 is 0 Å². The van der Waals surface area contributed by atoms with Crippen LogP contribution < -0.4 is 10.6 Å². The number of aromatic nitrogens is 1. The molecule has 0 aliphatic carbocycles. The molecular formula is C19H28N4S. The molecule has 0 aliphatic rings. The third-order valence-corrected chi connectivity index (χ3v) is 4.74. The Morgan fingerprint density at radius 1 is 1.17 bits per heavy atom. The molecule has 0 atom stereocenters.